The standard InChI is InChI=1S/C16H17Br2N3O2/c1-19-15(22)9-2-4-21(5-3-9)16(23)11-8-20-14-7-13(18)12(17)6-10(11)14/h6-9,20H,2-5H2,1H3,(H,19,22). The normalized spacial score (nSPS) is 15.9. The van der Waals surface area contributed by atoms with E-state index in [1.54, 1.807) is 13.2 Å². The van der Waals surface area contributed by atoms with E-state index in [2.05, 4.69) is 42.2 Å². The number of nitrogens with zero attached hydrogens (tertiary/aromatic N) is 1. The lowest BCUT2D eigenvalue weighted by molar-refractivity contribution is -0.125. The number of likely N-dealkylation sites (tertiary alicyclic amines) is 1. The average molecular weight is 443 g/mol. The van der Waals surface area contributed by atoms with E-state index in [-0.39, 0.29) is 17.7 Å². The van der Waals surface area contributed by atoms with Crippen LogP contribution in [0.3, 0.4) is 0 Å². The number of amides is 2. The molecule has 0 atom stereocenters. The molecule has 1 aromatic heterocycles. The van der Waals surface area contributed by atoms with Gasteiger partial charge in [-0.2, -0.15) is 0 Å². The molecule has 2 aromatic rings. The minimum absolute atomic E-state index is 0.0112. The Kier molecular flexibility index (Phi) is 4.77. The number of nitrogens with one attached hydrogen (secondary N) is 2. The van der Waals surface area contributed by atoms with Crippen molar-refractivity contribution in [2.24, 2.45) is 5.92 Å². The Morgan fingerprint density at radius 1 is 1.22 bits per heavy atom. The molecule has 7 heteroatoms. The van der Waals surface area contributed by atoms with Crippen LogP contribution in [0, 0.1) is 5.92 Å². The molecule has 0 aliphatic carbocycles. The first-order valence-electron chi connectivity index (χ1n) is 7.48. The van der Waals surface area contributed by atoms with Crippen molar-refractivity contribution in [3.05, 3.63) is 32.8 Å². The van der Waals surface area contributed by atoms with Gasteiger partial charge in [-0.3, -0.25) is 9.59 Å². The molecule has 1 fully saturated rings. The summed E-state index contributed by atoms with van der Waals surface area (Å²) in [4.78, 5) is 29.5. The van der Waals surface area contributed by atoms with Crippen LogP contribution in [0.5, 0.6) is 0 Å². The van der Waals surface area contributed by atoms with Crippen molar-refractivity contribution in [3.63, 3.8) is 0 Å². The molecule has 0 unspecified atom stereocenters. The maximum Gasteiger partial charge on any atom is 0.256 e. The van der Waals surface area contributed by atoms with Gasteiger partial charge in [0.1, 0.15) is 0 Å². The third-order valence-electron chi connectivity index (χ3n) is 4.35. The summed E-state index contributed by atoms with van der Waals surface area (Å²) in [7, 11) is 1.65. The number of rotatable bonds is 2. The molecule has 2 amide bonds. The van der Waals surface area contributed by atoms with Gasteiger partial charge in [-0.15, -0.1) is 0 Å². The van der Waals surface area contributed by atoms with Gasteiger partial charge in [0.2, 0.25) is 5.91 Å². The van der Waals surface area contributed by atoms with E-state index >= 15 is 0 Å². The molecular weight excluding hydrogens is 426 g/mol. The second kappa shape index (κ2) is 6.65. The maximum absolute atomic E-state index is 12.8. The van der Waals surface area contributed by atoms with Crippen LogP contribution in [-0.4, -0.2) is 41.8 Å². The van der Waals surface area contributed by atoms with Gasteiger partial charge in [0, 0.05) is 52.1 Å². The van der Waals surface area contributed by atoms with Crippen molar-refractivity contribution in [3.8, 4) is 0 Å². The molecule has 0 spiro atoms. The van der Waals surface area contributed by atoms with Gasteiger partial charge in [-0.25, -0.2) is 0 Å². The minimum Gasteiger partial charge on any atom is -0.360 e. The number of hydrogen-bond acceptors (Lipinski definition) is 2. The number of H-pyrrole nitrogens is 1. The lowest BCUT2D eigenvalue weighted by atomic mass is 9.95. The smallest absolute Gasteiger partial charge is 0.256 e. The summed E-state index contributed by atoms with van der Waals surface area (Å²) in [5.41, 5.74) is 1.59. The van der Waals surface area contributed by atoms with Gasteiger partial charge in [0.05, 0.1) is 5.56 Å². The highest BCUT2D eigenvalue weighted by molar-refractivity contribution is 9.13. The number of benzene rings is 1. The molecule has 2 heterocycles. The highest BCUT2D eigenvalue weighted by Gasteiger charge is 2.28. The van der Waals surface area contributed by atoms with Crippen LogP contribution in [0.4, 0.5) is 0 Å². The van der Waals surface area contributed by atoms with Gasteiger partial charge in [-0.05, 0) is 56.8 Å². The molecule has 0 saturated carbocycles. The number of piperidine rings is 1. The number of carbonyl (C=O) groups is 2. The molecule has 0 radical (unpaired) electrons. The molecule has 1 aliphatic heterocycles. The van der Waals surface area contributed by atoms with Crippen molar-refractivity contribution in [2.75, 3.05) is 20.1 Å². The fourth-order valence-electron chi connectivity index (χ4n) is 3.01. The molecule has 3 rings (SSSR count). The number of aromatic amines is 1. The van der Waals surface area contributed by atoms with Crippen LogP contribution in [0.2, 0.25) is 0 Å². The molecule has 5 nitrogen and oxygen atoms in total. The largest absolute Gasteiger partial charge is 0.360 e. The maximum atomic E-state index is 12.8. The Balaban J connectivity index is 1.79. The van der Waals surface area contributed by atoms with Crippen LogP contribution in [0.15, 0.2) is 27.3 Å². The van der Waals surface area contributed by atoms with Gasteiger partial charge in [0.15, 0.2) is 0 Å². The monoisotopic (exact) mass is 441 g/mol. The second-order valence-corrected chi connectivity index (χ2v) is 7.40. The zero-order valence-corrected chi connectivity index (χ0v) is 15.8. The molecule has 1 aromatic carbocycles. The fourth-order valence-corrected chi connectivity index (χ4v) is 3.70. The van der Waals surface area contributed by atoms with E-state index in [1.807, 2.05) is 17.0 Å². The molecule has 1 saturated heterocycles. The predicted octanol–water partition coefficient (Wildman–Crippen LogP) is 3.29. The second-order valence-electron chi connectivity index (χ2n) is 5.69. The molecule has 122 valence electrons. The van der Waals surface area contributed by atoms with E-state index in [0.29, 0.717) is 31.5 Å². The zero-order chi connectivity index (χ0) is 16.6. The highest BCUT2D eigenvalue weighted by Crippen LogP contribution is 2.31. The number of aromatic nitrogens is 1. The quantitative estimate of drug-likeness (QED) is 0.749. The van der Waals surface area contributed by atoms with E-state index in [0.717, 1.165) is 19.8 Å². The first-order chi connectivity index (χ1) is 11.0. The Morgan fingerprint density at radius 2 is 1.87 bits per heavy atom. The van der Waals surface area contributed by atoms with E-state index in [9.17, 15) is 9.59 Å². The van der Waals surface area contributed by atoms with Crippen LogP contribution >= 0.6 is 31.9 Å². The highest BCUT2D eigenvalue weighted by atomic mass is 79.9. The van der Waals surface area contributed by atoms with E-state index < -0.39 is 0 Å². The lowest BCUT2D eigenvalue weighted by Crippen LogP contribution is -2.42. The lowest BCUT2D eigenvalue weighted by Gasteiger charge is -2.31. The number of fused-ring (bicyclic) bond motifs is 1. The number of carbonyl (C=O) groups excluding carboxylic acids is 2. The van der Waals surface area contributed by atoms with E-state index in [1.165, 1.54) is 0 Å². The van der Waals surface area contributed by atoms with Gasteiger partial charge < -0.3 is 15.2 Å². The molecule has 23 heavy (non-hydrogen) atoms. The van der Waals surface area contributed by atoms with Crippen LogP contribution < -0.4 is 5.32 Å². The zero-order valence-electron chi connectivity index (χ0n) is 12.7. The summed E-state index contributed by atoms with van der Waals surface area (Å²) in [6, 6.07) is 3.90. The first-order valence-corrected chi connectivity index (χ1v) is 9.07. The summed E-state index contributed by atoms with van der Waals surface area (Å²) in [5.74, 6) is 0.0934. The van der Waals surface area contributed by atoms with Crippen LogP contribution in [0.25, 0.3) is 10.9 Å². The van der Waals surface area contributed by atoms with Crippen LogP contribution in [-0.2, 0) is 4.79 Å². The summed E-state index contributed by atoms with van der Waals surface area (Å²) in [5, 5.41) is 3.59. The van der Waals surface area contributed by atoms with Crippen molar-refractivity contribution in [1.29, 1.82) is 0 Å². The molecular formula is C16H17Br2N3O2. The molecule has 1 aliphatic rings. The minimum atomic E-state index is 0.0112. The topological polar surface area (TPSA) is 65.2 Å². The first kappa shape index (κ1) is 16.5. The summed E-state index contributed by atoms with van der Waals surface area (Å²) >= 11 is 6.95. The molecule has 0 bridgehead atoms. The van der Waals surface area contributed by atoms with Crippen molar-refractivity contribution in [1.82, 2.24) is 15.2 Å². The SMILES string of the molecule is CNC(=O)C1CCN(C(=O)c2c[nH]c3cc(Br)c(Br)cc23)CC1. The fraction of sp³-hybridized carbons (Fsp3) is 0.375. The van der Waals surface area contributed by atoms with Gasteiger partial charge in [0.25, 0.3) is 5.91 Å². The third kappa shape index (κ3) is 3.17. The van der Waals surface area contributed by atoms with Crippen molar-refractivity contribution < 1.29 is 9.59 Å². The molecule has 2 N–H and O–H groups in total. The van der Waals surface area contributed by atoms with Crippen LogP contribution in [0.1, 0.15) is 23.2 Å². The average Bonchev–Trinajstić information content (AvgIpc) is 2.96. The Morgan fingerprint density at radius 3 is 2.52 bits per heavy atom. The van der Waals surface area contributed by atoms with Crippen molar-refractivity contribution >= 4 is 54.6 Å². The van der Waals surface area contributed by atoms with E-state index in [4.69, 9.17) is 0 Å². The Hall–Kier alpha value is -1.34. The van der Waals surface area contributed by atoms with Gasteiger partial charge >= 0.3 is 0 Å². The Bertz CT molecular complexity index is 764. The predicted molar refractivity (Wildman–Crippen MR) is 96.4 cm³/mol. The third-order valence-corrected chi connectivity index (χ3v) is 6.20. The number of hydrogen-bond donors (Lipinski definition) is 2. The summed E-state index contributed by atoms with van der Waals surface area (Å²) in [6.45, 7) is 1.22. The van der Waals surface area contributed by atoms with Crippen molar-refractivity contribution in [2.45, 2.75) is 12.8 Å². The van der Waals surface area contributed by atoms with Gasteiger partial charge in [-0.1, -0.05) is 0 Å². The number of halogens is 2. The summed E-state index contributed by atoms with van der Waals surface area (Å²) in [6.07, 6.45) is 3.18. The Labute approximate surface area is 151 Å². The summed E-state index contributed by atoms with van der Waals surface area (Å²) < 4.78 is 1.86.